The van der Waals surface area contributed by atoms with E-state index in [2.05, 4.69) is 34.1 Å². The van der Waals surface area contributed by atoms with E-state index in [4.69, 9.17) is 0 Å². The summed E-state index contributed by atoms with van der Waals surface area (Å²) in [5.74, 6) is 0.218. The lowest BCUT2D eigenvalue weighted by molar-refractivity contribution is -0.130. The summed E-state index contributed by atoms with van der Waals surface area (Å²) in [6, 6.07) is 10.4. The van der Waals surface area contributed by atoms with Crippen molar-refractivity contribution in [1.82, 2.24) is 9.88 Å². The molecule has 1 fully saturated rings. The monoisotopic (exact) mass is 347 g/mol. The molecule has 23 heavy (non-hydrogen) atoms. The quantitative estimate of drug-likeness (QED) is 0.795. The molecule has 1 saturated heterocycles. The first-order chi connectivity index (χ1) is 11.1. The number of piperazine rings is 1. The SMILES string of the molecule is Cc1csc(S[C@H](C)C(=O)N2CCN(c3ccccc3)CC2)n1. The van der Waals surface area contributed by atoms with Crippen LogP contribution in [0.4, 0.5) is 5.69 Å². The lowest BCUT2D eigenvalue weighted by atomic mass is 10.2. The first kappa shape index (κ1) is 16.3. The van der Waals surface area contributed by atoms with Crippen LogP contribution in [0.5, 0.6) is 0 Å². The van der Waals surface area contributed by atoms with Crippen LogP contribution in [0.25, 0.3) is 0 Å². The molecule has 1 aliphatic heterocycles. The third-order valence-electron chi connectivity index (χ3n) is 3.94. The van der Waals surface area contributed by atoms with Crippen molar-refractivity contribution in [3.63, 3.8) is 0 Å². The zero-order valence-electron chi connectivity index (χ0n) is 13.4. The van der Waals surface area contributed by atoms with Crippen molar-refractivity contribution in [1.29, 1.82) is 0 Å². The van der Waals surface area contributed by atoms with Gasteiger partial charge in [0.15, 0.2) is 4.34 Å². The number of rotatable bonds is 4. The number of benzene rings is 1. The van der Waals surface area contributed by atoms with Gasteiger partial charge in [0, 0.05) is 42.9 Å². The third-order valence-corrected chi connectivity index (χ3v) is 6.11. The molecule has 0 radical (unpaired) electrons. The summed E-state index contributed by atoms with van der Waals surface area (Å²) in [4.78, 5) is 21.4. The van der Waals surface area contributed by atoms with Crippen LogP contribution in [0, 0.1) is 6.92 Å². The molecular weight excluding hydrogens is 326 g/mol. The normalized spacial score (nSPS) is 16.4. The van der Waals surface area contributed by atoms with Gasteiger partial charge in [-0.15, -0.1) is 11.3 Å². The average Bonchev–Trinajstić information content (AvgIpc) is 3.00. The van der Waals surface area contributed by atoms with E-state index in [0.29, 0.717) is 0 Å². The Balaban J connectivity index is 1.53. The van der Waals surface area contributed by atoms with Crippen molar-refractivity contribution in [3.8, 4) is 0 Å². The van der Waals surface area contributed by atoms with Gasteiger partial charge in [0.25, 0.3) is 0 Å². The van der Waals surface area contributed by atoms with Crippen molar-refractivity contribution in [2.75, 3.05) is 31.1 Å². The number of nitrogens with zero attached hydrogens (tertiary/aromatic N) is 3. The fourth-order valence-electron chi connectivity index (χ4n) is 2.67. The summed E-state index contributed by atoms with van der Waals surface area (Å²) in [5.41, 5.74) is 2.26. The first-order valence-electron chi connectivity index (χ1n) is 7.81. The number of hydrogen-bond acceptors (Lipinski definition) is 5. The second-order valence-electron chi connectivity index (χ2n) is 5.66. The lowest BCUT2D eigenvalue weighted by Gasteiger charge is -2.37. The number of carbonyl (C=O) groups is 1. The lowest BCUT2D eigenvalue weighted by Crippen LogP contribution is -2.50. The van der Waals surface area contributed by atoms with Crippen LogP contribution in [-0.2, 0) is 4.79 Å². The van der Waals surface area contributed by atoms with E-state index >= 15 is 0 Å². The standard InChI is InChI=1S/C17H21N3OS2/c1-13-12-22-17(18-13)23-14(2)16(21)20-10-8-19(9-11-20)15-6-4-3-5-7-15/h3-7,12,14H,8-11H2,1-2H3/t14-/m1/s1. The largest absolute Gasteiger partial charge is 0.368 e. The van der Waals surface area contributed by atoms with Crippen LogP contribution < -0.4 is 4.90 Å². The molecule has 0 unspecified atom stereocenters. The summed E-state index contributed by atoms with van der Waals surface area (Å²) >= 11 is 3.18. The highest BCUT2D eigenvalue weighted by Crippen LogP contribution is 2.28. The Labute approximate surface area is 145 Å². The maximum Gasteiger partial charge on any atom is 0.235 e. The molecule has 1 aromatic carbocycles. The number of amides is 1. The van der Waals surface area contributed by atoms with Gasteiger partial charge in [0.05, 0.1) is 5.25 Å². The molecule has 1 aromatic heterocycles. The predicted octanol–water partition coefficient (Wildman–Crippen LogP) is 3.28. The van der Waals surface area contributed by atoms with Gasteiger partial charge in [-0.25, -0.2) is 4.98 Å². The molecule has 1 aliphatic rings. The van der Waals surface area contributed by atoms with Gasteiger partial charge in [-0.1, -0.05) is 30.0 Å². The van der Waals surface area contributed by atoms with E-state index in [1.54, 1.807) is 23.1 Å². The smallest absolute Gasteiger partial charge is 0.235 e. The van der Waals surface area contributed by atoms with Crippen molar-refractivity contribution >= 4 is 34.7 Å². The predicted molar refractivity (Wildman–Crippen MR) is 97.4 cm³/mol. The maximum absolute atomic E-state index is 12.6. The summed E-state index contributed by atoms with van der Waals surface area (Å²) < 4.78 is 0.978. The van der Waals surface area contributed by atoms with E-state index in [1.165, 1.54) is 5.69 Å². The highest BCUT2D eigenvalue weighted by molar-refractivity contribution is 8.02. The molecule has 1 amide bonds. The molecule has 4 nitrogen and oxygen atoms in total. The van der Waals surface area contributed by atoms with Gasteiger partial charge in [0.1, 0.15) is 0 Å². The van der Waals surface area contributed by atoms with Gasteiger partial charge in [-0.05, 0) is 26.0 Å². The van der Waals surface area contributed by atoms with Crippen LogP contribution >= 0.6 is 23.1 Å². The van der Waals surface area contributed by atoms with Gasteiger partial charge in [0.2, 0.25) is 5.91 Å². The molecule has 0 N–H and O–H groups in total. The average molecular weight is 348 g/mol. The maximum atomic E-state index is 12.6. The Morgan fingerprint density at radius 3 is 2.52 bits per heavy atom. The minimum absolute atomic E-state index is 0.0798. The number of para-hydroxylation sites is 1. The summed E-state index contributed by atoms with van der Waals surface area (Å²) in [6.45, 7) is 7.32. The van der Waals surface area contributed by atoms with E-state index in [9.17, 15) is 4.79 Å². The fraction of sp³-hybridized carbons (Fsp3) is 0.412. The fourth-order valence-corrected chi connectivity index (χ4v) is 4.74. The molecule has 0 spiro atoms. The number of carbonyl (C=O) groups excluding carboxylic acids is 1. The molecular formula is C17H21N3OS2. The van der Waals surface area contributed by atoms with Crippen LogP contribution in [0.2, 0.25) is 0 Å². The number of thiazole rings is 1. The molecule has 6 heteroatoms. The number of aromatic nitrogens is 1. The Morgan fingerprint density at radius 1 is 1.22 bits per heavy atom. The minimum Gasteiger partial charge on any atom is -0.368 e. The minimum atomic E-state index is -0.0798. The summed E-state index contributed by atoms with van der Waals surface area (Å²) in [6.07, 6.45) is 0. The number of hydrogen-bond donors (Lipinski definition) is 0. The molecule has 0 bridgehead atoms. The topological polar surface area (TPSA) is 36.4 Å². The number of aryl methyl sites for hydroxylation is 1. The van der Waals surface area contributed by atoms with Crippen molar-refractivity contribution < 1.29 is 4.79 Å². The highest BCUT2D eigenvalue weighted by Gasteiger charge is 2.26. The molecule has 2 heterocycles. The Morgan fingerprint density at radius 2 is 1.91 bits per heavy atom. The van der Waals surface area contributed by atoms with Gasteiger partial charge >= 0.3 is 0 Å². The zero-order valence-corrected chi connectivity index (χ0v) is 15.1. The number of anilines is 1. The van der Waals surface area contributed by atoms with Crippen LogP contribution in [0.15, 0.2) is 40.1 Å². The van der Waals surface area contributed by atoms with Crippen LogP contribution in [-0.4, -0.2) is 47.2 Å². The van der Waals surface area contributed by atoms with Gasteiger partial charge in [-0.3, -0.25) is 4.79 Å². The van der Waals surface area contributed by atoms with Crippen LogP contribution in [0.3, 0.4) is 0 Å². The molecule has 0 aliphatic carbocycles. The van der Waals surface area contributed by atoms with Crippen molar-refractivity contribution in [2.45, 2.75) is 23.4 Å². The third kappa shape index (κ3) is 4.06. The van der Waals surface area contributed by atoms with E-state index in [1.807, 2.05) is 30.2 Å². The van der Waals surface area contributed by atoms with E-state index in [0.717, 1.165) is 36.2 Å². The molecule has 1 atom stereocenters. The number of thioether (sulfide) groups is 1. The van der Waals surface area contributed by atoms with Gasteiger partial charge in [-0.2, -0.15) is 0 Å². The summed E-state index contributed by atoms with van der Waals surface area (Å²) in [7, 11) is 0. The Hall–Kier alpha value is -1.53. The molecule has 3 rings (SSSR count). The Bertz CT molecular complexity index is 651. The molecule has 0 saturated carbocycles. The van der Waals surface area contributed by atoms with E-state index in [-0.39, 0.29) is 11.2 Å². The van der Waals surface area contributed by atoms with E-state index < -0.39 is 0 Å². The zero-order chi connectivity index (χ0) is 16.2. The second-order valence-corrected chi connectivity index (χ2v) is 8.11. The van der Waals surface area contributed by atoms with Crippen LogP contribution in [0.1, 0.15) is 12.6 Å². The molecule has 122 valence electrons. The first-order valence-corrected chi connectivity index (χ1v) is 9.57. The van der Waals surface area contributed by atoms with Gasteiger partial charge < -0.3 is 9.80 Å². The summed E-state index contributed by atoms with van der Waals surface area (Å²) in [5, 5.41) is 1.95. The molecule has 2 aromatic rings. The van der Waals surface area contributed by atoms with Crippen molar-refractivity contribution in [3.05, 3.63) is 41.4 Å². The Kier molecular flexibility index (Phi) is 5.23. The van der Waals surface area contributed by atoms with Crippen molar-refractivity contribution in [2.24, 2.45) is 0 Å². The highest BCUT2D eigenvalue weighted by atomic mass is 32.2. The second kappa shape index (κ2) is 7.36.